The molecular formula is C14H19NO4S. The van der Waals surface area contributed by atoms with Crippen molar-refractivity contribution >= 4 is 16.0 Å². The lowest BCUT2D eigenvalue weighted by Crippen LogP contribution is -2.34. The minimum absolute atomic E-state index is 0.0280. The predicted octanol–water partition coefficient (Wildman–Crippen LogP) is 1.73. The fourth-order valence-corrected chi connectivity index (χ4v) is 3.91. The highest BCUT2D eigenvalue weighted by molar-refractivity contribution is 7.89. The molecule has 20 heavy (non-hydrogen) atoms. The summed E-state index contributed by atoms with van der Waals surface area (Å²) in [5.74, 6) is -0.948. The van der Waals surface area contributed by atoms with Gasteiger partial charge in [-0.3, -0.25) is 4.79 Å². The average Bonchev–Trinajstić information content (AvgIpc) is 2.84. The number of aryl methyl sites for hydroxylation is 1. The summed E-state index contributed by atoms with van der Waals surface area (Å²) in [6, 6.07) is 6.76. The molecule has 0 radical (unpaired) electrons. The first-order chi connectivity index (χ1) is 9.29. The Morgan fingerprint density at radius 3 is 2.40 bits per heavy atom. The van der Waals surface area contributed by atoms with E-state index in [1.807, 2.05) is 6.92 Å². The Labute approximate surface area is 119 Å². The molecule has 0 spiro atoms. The van der Waals surface area contributed by atoms with Gasteiger partial charge in [-0.15, -0.1) is 0 Å². The third-order valence-electron chi connectivity index (χ3n) is 3.92. The minimum atomic E-state index is -3.60. The normalized spacial score (nSPS) is 23.9. The van der Waals surface area contributed by atoms with Gasteiger partial charge in [0.25, 0.3) is 0 Å². The van der Waals surface area contributed by atoms with Gasteiger partial charge < -0.3 is 5.11 Å². The maximum Gasteiger partial charge on any atom is 0.310 e. The maximum absolute atomic E-state index is 12.5. The second-order valence-corrected chi connectivity index (χ2v) is 7.39. The summed E-state index contributed by atoms with van der Waals surface area (Å²) in [4.78, 5) is 11.4. The van der Waals surface area contributed by atoms with Gasteiger partial charge in [-0.1, -0.05) is 19.1 Å². The Morgan fingerprint density at radius 2 is 1.95 bits per heavy atom. The third-order valence-corrected chi connectivity index (χ3v) is 5.78. The standard InChI is InChI=1S/C14H19NO4S/c1-3-11-4-6-12(7-5-11)20(18,19)15-9-8-14(2,10-15)13(16)17/h4-7H,3,8-10H2,1-2H3,(H,16,17). The van der Waals surface area contributed by atoms with Gasteiger partial charge in [-0.25, -0.2) is 8.42 Å². The first-order valence-electron chi connectivity index (χ1n) is 6.62. The van der Waals surface area contributed by atoms with Crippen molar-refractivity contribution in [3.8, 4) is 0 Å². The summed E-state index contributed by atoms with van der Waals surface area (Å²) < 4.78 is 26.2. The number of carboxylic acid groups (broad SMARTS) is 1. The van der Waals surface area contributed by atoms with E-state index in [4.69, 9.17) is 0 Å². The highest BCUT2D eigenvalue weighted by Crippen LogP contribution is 2.33. The number of hydrogen-bond acceptors (Lipinski definition) is 3. The topological polar surface area (TPSA) is 74.7 Å². The Kier molecular flexibility index (Phi) is 3.88. The Balaban J connectivity index is 2.25. The van der Waals surface area contributed by atoms with Gasteiger partial charge in [0, 0.05) is 13.1 Å². The number of rotatable bonds is 4. The zero-order chi connectivity index (χ0) is 15.0. The molecule has 0 bridgehead atoms. The predicted molar refractivity (Wildman–Crippen MR) is 74.9 cm³/mol. The van der Waals surface area contributed by atoms with Crippen molar-refractivity contribution in [3.63, 3.8) is 0 Å². The molecule has 1 aromatic carbocycles. The van der Waals surface area contributed by atoms with Crippen molar-refractivity contribution < 1.29 is 18.3 Å². The van der Waals surface area contributed by atoms with Crippen molar-refractivity contribution in [3.05, 3.63) is 29.8 Å². The van der Waals surface area contributed by atoms with Crippen LogP contribution in [-0.2, 0) is 21.2 Å². The molecular weight excluding hydrogens is 278 g/mol. The van der Waals surface area contributed by atoms with Crippen molar-refractivity contribution in [1.29, 1.82) is 0 Å². The van der Waals surface area contributed by atoms with Gasteiger partial charge in [0.05, 0.1) is 10.3 Å². The van der Waals surface area contributed by atoms with Crippen LogP contribution < -0.4 is 0 Å². The third kappa shape index (κ3) is 2.58. The Hall–Kier alpha value is -1.40. The second-order valence-electron chi connectivity index (χ2n) is 5.45. The van der Waals surface area contributed by atoms with E-state index in [1.165, 1.54) is 4.31 Å². The minimum Gasteiger partial charge on any atom is -0.481 e. The van der Waals surface area contributed by atoms with Crippen molar-refractivity contribution in [2.75, 3.05) is 13.1 Å². The number of benzene rings is 1. The summed E-state index contributed by atoms with van der Waals surface area (Å²) in [6.07, 6.45) is 1.19. The van der Waals surface area contributed by atoms with E-state index < -0.39 is 21.4 Å². The van der Waals surface area contributed by atoms with Gasteiger partial charge >= 0.3 is 5.97 Å². The van der Waals surface area contributed by atoms with Crippen molar-refractivity contribution in [2.24, 2.45) is 5.41 Å². The lowest BCUT2D eigenvalue weighted by atomic mass is 9.90. The Morgan fingerprint density at radius 1 is 1.35 bits per heavy atom. The van der Waals surface area contributed by atoms with Crippen LogP contribution in [0.4, 0.5) is 0 Å². The van der Waals surface area contributed by atoms with Gasteiger partial charge in [0.2, 0.25) is 10.0 Å². The van der Waals surface area contributed by atoms with Crippen LogP contribution in [0, 0.1) is 5.41 Å². The van der Waals surface area contributed by atoms with Crippen LogP contribution in [0.3, 0.4) is 0 Å². The van der Waals surface area contributed by atoms with E-state index in [1.54, 1.807) is 31.2 Å². The van der Waals surface area contributed by atoms with E-state index in [2.05, 4.69) is 0 Å². The fourth-order valence-electron chi connectivity index (χ4n) is 2.34. The lowest BCUT2D eigenvalue weighted by Gasteiger charge is -2.20. The van der Waals surface area contributed by atoms with Gasteiger partial charge in [0.15, 0.2) is 0 Å². The molecule has 0 saturated carbocycles. The molecule has 1 aromatic rings. The average molecular weight is 297 g/mol. The number of hydrogen-bond donors (Lipinski definition) is 1. The van der Waals surface area contributed by atoms with E-state index in [0.29, 0.717) is 6.42 Å². The monoisotopic (exact) mass is 297 g/mol. The van der Waals surface area contributed by atoms with E-state index in [-0.39, 0.29) is 18.0 Å². The summed E-state index contributed by atoms with van der Waals surface area (Å²) in [5.41, 5.74) is 0.0805. The van der Waals surface area contributed by atoms with Gasteiger partial charge in [-0.05, 0) is 37.5 Å². The summed E-state index contributed by atoms with van der Waals surface area (Å²) >= 11 is 0. The molecule has 1 aliphatic heterocycles. The molecule has 0 aromatic heterocycles. The van der Waals surface area contributed by atoms with Gasteiger partial charge in [-0.2, -0.15) is 4.31 Å². The number of aliphatic carboxylic acids is 1. The molecule has 1 heterocycles. The van der Waals surface area contributed by atoms with Gasteiger partial charge in [0.1, 0.15) is 0 Å². The van der Waals surface area contributed by atoms with E-state index >= 15 is 0 Å². The molecule has 1 saturated heterocycles. The molecule has 5 nitrogen and oxygen atoms in total. The van der Waals surface area contributed by atoms with E-state index in [0.717, 1.165) is 12.0 Å². The van der Waals surface area contributed by atoms with Crippen LogP contribution in [0.15, 0.2) is 29.2 Å². The highest BCUT2D eigenvalue weighted by Gasteiger charge is 2.44. The largest absolute Gasteiger partial charge is 0.481 e. The van der Waals surface area contributed by atoms with Crippen LogP contribution in [-0.4, -0.2) is 36.9 Å². The number of nitrogens with zero attached hydrogens (tertiary/aromatic N) is 1. The van der Waals surface area contributed by atoms with Crippen LogP contribution in [0.2, 0.25) is 0 Å². The summed E-state index contributed by atoms with van der Waals surface area (Å²) in [5, 5.41) is 9.17. The molecule has 1 N–H and O–H groups in total. The molecule has 1 unspecified atom stereocenters. The molecule has 1 aliphatic rings. The smallest absolute Gasteiger partial charge is 0.310 e. The second kappa shape index (κ2) is 5.18. The number of carbonyl (C=O) groups is 1. The zero-order valence-electron chi connectivity index (χ0n) is 11.7. The number of carboxylic acids is 1. The number of sulfonamides is 1. The van der Waals surface area contributed by atoms with E-state index in [9.17, 15) is 18.3 Å². The quantitative estimate of drug-likeness (QED) is 0.918. The maximum atomic E-state index is 12.5. The van der Waals surface area contributed by atoms with Crippen LogP contribution in [0.1, 0.15) is 25.8 Å². The molecule has 1 atom stereocenters. The van der Waals surface area contributed by atoms with Crippen LogP contribution in [0.5, 0.6) is 0 Å². The molecule has 0 amide bonds. The van der Waals surface area contributed by atoms with Crippen molar-refractivity contribution in [2.45, 2.75) is 31.6 Å². The first kappa shape index (κ1) is 15.0. The fraction of sp³-hybridized carbons (Fsp3) is 0.500. The molecule has 1 fully saturated rings. The molecule has 6 heteroatoms. The Bertz CT molecular complexity index is 609. The highest BCUT2D eigenvalue weighted by atomic mass is 32.2. The molecule has 0 aliphatic carbocycles. The van der Waals surface area contributed by atoms with Crippen LogP contribution >= 0.6 is 0 Å². The SMILES string of the molecule is CCc1ccc(S(=O)(=O)N2CCC(C)(C(=O)O)C2)cc1. The lowest BCUT2D eigenvalue weighted by molar-refractivity contribution is -0.146. The van der Waals surface area contributed by atoms with Crippen molar-refractivity contribution in [1.82, 2.24) is 4.31 Å². The molecule has 2 rings (SSSR count). The summed E-state index contributed by atoms with van der Waals surface area (Å²) in [7, 11) is -3.60. The van der Waals surface area contributed by atoms with Crippen LogP contribution in [0.25, 0.3) is 0 Å². The zero-order valence-corrected chi connectivity index (χ0v) is 12.5. The first-order valence-corrected chi connectivity index (χ1v) is 8.06. The molecule has 110 valence electrons. The summed E-state index contributed by atoms with van der Waals surface area (Å²) in [6.45, 7) is 3.87.